The molecule has 0 unspecified atom stereocenters. The van der Waals surface area contributed by atoms with Crippen molar-refractivity contribution in [3.8, 4) is 11.3 Å². The molecule has 164 valence electrons. The monoisotopic (exact) mass is 424 g/mol. The largest absolute Gasteiger partial charge is 0.356 e. The van der Waals surface area contributed by atoms with Gasteiger partial charge in [-0.2, -0.15) is 0 Å². The molecule has 1 fully saturated rings. The minimum Gasteiger partial charge on any atom is -0.356 e. The Morgan fingerprint density at radius 2 is 2.00 bits per heavy atom. The van der Waals surface area contributed by atoms with Gasteiger partial charge in [-0.3, -0.25) is 4.79 Å². The number of piperidine rings is 1. The summed E-state index contributed by atoms with van der Waals surface area (Å²) < 4.78 is 10.9. The Kier molecular flexibility index (Phi) is 5.75. The highest BCUT2D eigenvalue weighted by Crippen LogP contribution is 2.37. The lowest BCUT2D eigenvalue weighted by atomic mass is 9.95. The van der Waals surface area contributed by atoms with E-state index in [2.05, 4.69) is 15.3 Å². The fourth-order valence-electron chi connectivity index (χ4n) is 3.80. The number of carbonyl (C=O) groups excluding carboxylic acids is 1. The lowest BCUT2D eigenvalue weighted by molar-refractivity contribution is 0.0564. The molecule has 3 aromatic rings. The summed E-state index contributed by atoms with van der Waals surface area (Å²) in [5.41, 5.74) is 3.05. The summed E-state index contributed by atoms with van der Waals surface area (Å²) in [7, 11) is 3.78. The predicted molar refractivity (Wildman–Crippen MR) is 115 cm³/mol. The van der Waals surface area contributed by atoms with E-state index in [9.17, 15) is 4.79 Å². The molecule has 1 aliphatic rings. The Morgan fingerprint density at radius 1 is 1.19 bits per heavy atom. The first kappa shape index (κ1) is 21.0. The van der Waals surface area contributed by atoms with E-state index in [4.69, 9.17) is 14.0 Å². The quantitative estimate of drug-likeness (QED) is 0.606. The van der Waals surface area contributed by atoms with Gasteiger partial charge in [0.2, 0.25) is 11.7 Å². The van der Waals surface area contributed by atoms with Crippen molar-refractivity contribution in [3.05, 3.63) is 41.2 Å². The second kappa shape index (κ2) is 8.49. The van der Waals surface area contributed by atoms with Gasteiger partial charge in [0.25, 0.3) is 5.91 Å². The first-order valence-electron chi connectivity index (χ1n) is 10.6. The molecule has 0 N–H and O–H groups in total. The maximum absolute atomic E-state index is 13.4. The molecule has 4 rings (SSSR count). The van der Waals surface area contributed by atoms with Gasteiger partial charge in [0.1, 0.15) is 0 Å². The van der Waals surface area contributed by atoms with Gasteiger partial charge in [0.05, 0.1) is 28.7 Å². The minimum atomic E-state index is -0.226. The molecule has 31 heavy (non-hydrogen) atoms. The molecule has 9 heteroatoms. The van der Waals surface area contributed by atoms with Crippen LogP contribution in [0.5, 0.6) is 0 Å². The number of anilines is 1. The maximum Gasteiger partial charge on any atom is 0.293 e. The molecule has 0 bridgehead atoms. The molecule has 0 radical (unpaired) electrons. The zero-order valence-electron chi connectivity index (χ0n) is 18.6. The fraction of sp³-hybridized carbons (Fsp3) is 0.500. The highest BCUT2D eigenvalue weighted by Gasteiger charge is 2.34. The zero-order chi connectivity index (χ0) is 22.1. The number of likely N-dealkylation sites (tertiary alicyclic amines) is 1. The highest BCUT2D eigenvalue weighted by atomic mass is 16.5. The van der Waals surface area contributed by atoms with Crippen molar-refractivity contribution in [1.82, 2.24) is 25.2 Å². The van der Waals surface area contributed by atoms with Gasteiger partial charge in [-0.15, -0.1) is 0 Å². The standard InChI is InChI=1S/C22H28N6O3/c1-13(2)16-11-19(31-26-16)21(29)28-9-7-6-8-17(28)20-15(18-10-14(3)25-30-18)12-23-22(24-20)27(4)5/h10-13,17H,6-9H2,1-5H3/t17-/m1/s1. The van der Waals surface area contributed by atoms with Crippen molar-refractivity contribution in [3.63, 3.8) is 0 Å². The minimum absolute atomic E-state index is 0.172. The number of rotatable bonds is 5. The van der Waals surface area contributed by atoms with E-state index in [-0.39, 0.29) is 23.6 Å². The Balaban J connectivity index is 1.76. The van der Waals surface area contributed by atoms with E-state index in [1.165, 1.54) is 0 Å². The number of aryl methyl sites for hydroxylation is 1. The number of nitrogens with zero attached hydrogens (tertiary/aromatic N) is 6. The summed E-state index contributed by atoms with van der Waals surface area (Å²) in [5, 5.41) is 8.07. The third kappa shape index (κ3) is 4.17. The normalized spacial score (nSPS) is 16.7. The zero-order valence-corrected chi connectivity index (χ0v) is 18.6. The average Bonchev–Trinajstić information content (AvgIpc) is 3.42. The van der Waals surface area contributed by atoms with Crippen LogP contribution in [0.15, 0.2) is 27.4 Å². The topological polar surface area (TPSA) is 101 Å². The lowest BCUT2D eigenvalue weighted by Crippen LogP contribution is -2.39. The van der Waals surface area contributed by atoms with Crippen LogP contribution in [0.1, 0.15) is 72.7 Å². The molecule has 0 aromatic carbocycles. The number of aromatic nitrogens is 4. The van der Waals surface area contributed by atoms with Crippen LogP contribution < -0.4 is 4.90 Å². The third-order valence-electron chi connectivity index (χ3n) is 5.51. The SMILES string of the molecule is Cc1cc(-c2cnc(N(C)C)nc2[C@H]2CCCCN2C(=O)c2cc(C(C)C)no2)on1. The van der Waals surface area contributed by atoms with E-state index in [0.717, 1.165) is 41.9 Å². The van der Waals surface area contributed by atoms with Gasteiger partial charge in [0, 0.05) is 39.0 Å². The van der Waals surface area contributed by atoms with Crippen molar-refractivity contribution in [2.75, 3.05) is 25.5 Å². The summed E-state index contributed by atoms with van der Waals surface area (Å²) in [4.78, 5) is 26.4. The molecule has 0 aliphatic carbocycles. The molecule has 9 nitrogen and oxygen atoms in total. The van der Waals surface area contributed by atoms with Crippen LogP contribution in [0.25, 0.3) is 11.3 Å². The van der Waals surface area contributed by atoms with Crippen LogP contribution in [0.4, 0.5) is 5.95 Å². The van der Waals surface area contributed by atoms with Crippen molar-refractivity contribution >= 4 is 11.9 Å². The molecule has 1 aliphatic heterocycles. The van der Waals surface area contributed by atoms with Crippen LogP contribution in [0.2, 0.25) is 0 Å². The van der Waals surface area contributed by atoms with Crippen LogP contribution in [0, 0.1) is 6.92 Å². The lowest BCUT2D eigenvalue weighted by Gasteiger charge is -2.35. The molecule has 3 aromatic heterocycles. The average molecular weight is 425 g/mol. The van der Waals surface area contributed by atoms with E-state index in [1.807, 2.05) is 50.7 Å². The summed E-state index contributed by atoms with van der Waals surface area (Å²) in [5.74, 6) is 1.45. The van der Waals surface area contributed by atoms with Crippen molar-refractivity contribution in [1.29, 1.82) is 0 Å². The molecule has 1 atom stereocenters. The van der Waals surface area contributed by atoms with E-state index >= 15 is 0 Å². The molecular weight excluding hydrogens is 396 g/mol. The van der Waals surface area contributed by atoms with Gasteiger partial charge < -0.3 is 18.8 Å². The number of hydrogen-bond acceptors (Lipinski definition) is 8. The molecule has 4 heterocycles. The van der Waals surface area contributed by atoms with Crippen molar-refractivity contribution in [2.45, 2.75) is 52.0 Å². The first-order valence-corrected chi connectivity index (χ1v) is 10.6. The van der Waals surface area contributed by atoms with Crippen LogP contribution in [-0.4, -0.2) is 51.7 Å². The second-order valence-corrected chi connectivity index (χ2v) is 8.48. The van der Waals surface area contributed by atoms with Gasteiger partial charge in [-0.05, 0) is 32.1 Å². The van der Waals surface area contributed by atoms with E-state index < -0.39 is 0 Å². The number of amides is 1. The Labute approximate surface area is 181 Å². The molecule has 1 amide bonds. The van der Waals surface area contributed by atoms with E-state index in [1.54, 1.807) is 12.3 Å². The number of carbonyl (C=O) groups is 1. The van der Waals surface area contributed by atoms with Crippen molar-refractivity contribution < 1.29 is 13.8 Å². The summed E-state index contributed by atoms with van der Waals surface area (Å²) >= 11 is 0. The van der Waals surface area contributed by atoms with Crippen LogP contribution in [0.3, 0.4) is 0 Å². The van der Waals surface area contributed by atoms with Crippen LogP contribution >= 0.6 is 0 Å². The molecular formula is C22H28N6O3. The Bertz CT molecular complexity index is 1070. The highest BCUT2D eigenvalue weighted by molar-refractivity contribution is 5.92. The Morgan fingerprint density at radius 3 is 2.65 bits per heavy atom. The van der Waals surface area contributed by atoms with Crippen molar-refractivity contribution in [2.24, 2.45) is 0 Å². The molecule has 1 saturated heterocycles. The summed E-state index contributed by atoms with van der Waals surface area (Å²) in [6, 6.07) is 3.37. The maximum atomic E-state index is 13.4. The second-order valence-electron chi connectivity index (χ2n) is 8.48. The van der Waals surface area contributed by atoms with Gasteiger partial charge >= 0.3 is 0 Å². The van der Waals surface area contributed by atoms with Gasteiger partial charge in [-0.1, -0.05) is 24.2 Å². The van der Waals surface area contributed by atoms with E-state index in [0.29, 0.717) is 18.3 Å². The summed E-state index contributed by atoms with van der Waals surface area (Å²) in [6.07, 6.45) is 4.47. The first-order chi connectivity index (χ1) is 14.8. The van der Waals surface area contributed by atoms with Gasteiger partial charge in [-0.25, -0.2) is 9.97 Å². The Hall–Kier alpha value is -3.23. The van der Waals surface area contributed by atoms with Crippen LogP contribution in [-0.2, 0) is 0 Å². The molecule has 0 saturated carbocycles. The predicted octanol–water partition coefficient (Wildman–Crippen LogP) is 3.98. The summed E-state index contributed by atoms with van der Waals surface area (Å²) in [6.45, 7) is 6.53. The molecule has 0 spiro atoms. The van der Waals surface area contributed by atoms with Gasteiger partial charge in [0.15, 0.2) is 5.76 Å². The smallest absolute Gasteiger partial charge is 0.293 e. The fourth-order valence-corrected chi connectivity index (χ4v) is 3.80. The third-order valence-corrected chi connectivity index (χ3v) is 5.51. The number of hydrogen-bond donors (Lipinski definition) is 0.